The van der Waals surface area contributed by atoms with Crippen molar-refractivity contribution >= 4 is 31.3 Å². The first-order valence-electron chi connectivity index (χ1n) is 4.17. The molecule has 0 saturated carbocycles. The molecule has 0 unspecified atom stereocenters. The van der Waals surface area contributed by atoms with Gasteiger partial charge >= 0.3 is 0 Å². The maximum atomic E-state index is 12.7. The third-order valence-corrected chi connectivity index (χ3v) is 3.66. The number of hydrogen-bond acceptors (Lipinski definition) is 3. The van der Waals surface area contributed by atoms with E-state index in [9.17, 15) is 17.2 Å². The Morgan fingerprint density at radius 3 is 2.35 bits per heavy atom. The third-order valence-electron chi connectivity index (χ3n) is 2.00. The van der Waals surface area contributed by atoms with Gasteiger partial charge in [0.15, 0.2) is 0 Å². The summed E-state index contributed by atoms with van der Waals surface area (Å²) in [4.78, 5) is -0.764. The fraction of sp³-hybridized carbons (Fsp3) is 0.222. The number of nitrogens with zero attached hydrogens (tertiary/aromatic N) is 1. The van der Waals surface area contributed by atoms with Crippen molar-refractivity contribution in [1.82, 2.24) is 0 Å². The molecule has 0 N–H and O–H groups in total. The molecular formula is C9H5Cl2F2NO2S. The van der Waals surface area contributed by atoms with E-state index in [1.165, 1.54) is 0 Å². The number of benzene rings is 1. The monoisotopic (exact) mass is 299 g/mol. The Morgan fingerprint density at radius 2 is 2.00 bits per heavy atom. The van der Waals surface area contributed by atoms with Crippen LogP contribution >= 0.6 is 22.3 Å². The van der Waals surface area contributed by atoms with Crippen LogP contribution in [0.25, 0.3) is 0 Å². The van der Waals surface area contributed by atoms with Crippen LogP contribution in [0.2, 0.25) is 0 Å². The fourth-order valence-corrected chi connectivity index (χ4v) is 2.55. The van der Waals surface area contributed by atoms with Crippen LogP contribution in [0.3, 0.4) is 0 Å². The SMILES string of the molecule is N#Cc1cc(S(=O)(=O)Cl)c(C(F)F)cc1CCl. The summed E-state index contributed by atoms with van der Waals surface area (Å²) in [5.41, 5.74) is -0.716. The molecule has 0 aliphatic rings. The van der Waals surface area contributed by atoms with E-state index in [2.05, 4.69) is 0 Å². The highest BCUT2D eigenvalue weighted by atomic mass is 35.7. The second kappa shape index (κ2) is 5.17. The summed E-state index contributed by atoms with van der Waals surface area (Å²) in [5, 5.41) is 8.74. The Balaban J connectivity index is 3.65. The average molecular weight is 300 g/mol. The van der Waals surface area contributed by atoms with Gasteiger partial charge in [0.25, 0.3) is 15.5 Å². The predicted octanol–water partition coefficient (Wildman–Crippen LogP) is 3.16. The number of halogens is 4. The molecule has 0 fully saturated rings. The molecule has 0 aliphatic heterocycles. The molecule has 0 bridgehead atoms. The molecule has 1 rings (SSSR count). The maximum absolute atomic E-state index is 12.7. The van der Waals surface area contributed by atoms with Crippen LogP contribution in [0.15, 0.2) is 17.0 Å². The highest BCUT2D eigenvalue weighted by Gasteiger charge is 2.24. The highest BCUT2D eigenvalue weighted by molar-refractivity contribution is 8.13. The van der Waals surface area contributed by atoms with E-state index in [0.717, 1.165) is 12.1 Å². The molecule has 3 nitrogen and oxygen atoms in total. The van der Waals surface area contributed by atoms with Crippen LogP contribution in [-0.2, 0) is 14.9 Å². The maximum Gasteiger partial charge on any atom is 0.265 e. The topological polar surface area (TPSA) is 57.9 Å². The first-order valence-corrected chi connectivity index (χ1v) is 7.01. The van der Waals surface area contributed by atoms with E-state index < -0.39 is 25.9 Å². The molecule has 0 spiro atoms. The van der Waals surface area contributed by atoms with Gasteiger partial charge in [-0.3, -0.25) is 0 Å². The summed E-state index contributed by atoms with van der Waals surface area (Å²) >= 11 is 5.48. The van der Waals surface area contributed by atoms with Crippen molar-refractivity contribution in [1.29, 1.82) is 5.26 Å². The van der Waals surface area contributed by atoms with Gasteiger partial charge in [-0.05, 0) is 17.7 Å². The molecule has 1 aromatic rings. The first-order chi connectivity index (χ1) is 7.81. The largest absolute Gasteiger partial charge is 0.265 e. The van der Waals surface area contributed by atoms with Crippen molar-refractivity contribution < 1.29 is 17.2 Å². The van der Waals surface area contributed by atoms with Crippen LogP contribution in [0, 0.1) is 11.3 Å². The zero-order chi connectivity index (χ0) is 13.2. The molecule has 0 amide bonds. The van der Waals surface area contributed by atoms with Gasteiger partial charge in [-0.25, -0.2) is 17.2 Å². The first kappa shape index (κ1) is 14.2. The Bertz CT molecular complexity index is 581. The van der Waals surface area contributed by atoms with Gasteiger partial charge in [-0.2, -0.15) is 5.26 Å². The van der Waals surface area contributed by atoms with Gasteiger partial charge < -0.3 is 0 Å². The second-order valence-corrected chi connectivity index (χ2v) is 5.83. The second-order valence-electron chi connectivity index (χ2n) is 3.03. The Labute approximate surface area is 106 Å². The van der Waals surface area contributed by atoms with Gasteiger partial charge in [-0.15, -0.1) is 11.6 Å². The Hall–Kier alpha value is -0.900. The van der Waals surface area contributed by atoms with Crippen molar-refractivity contribution in [3.8, 4) is 6.07 Å². The molecule has 17 heavy (non-hydrogen) atoms. The van der Waals surface area contributed by atoms with Crippen LogP contribution in [0.1, 0.15) is 23.1 Å². The fourth-order valence-electron chi connectivity index (χ4n) is 1.24. The third kappa shape index (κ3) is 3.06. The summed E-state index contributed by atoms with van der Waals surface area (Å²) in [6.07, 6.45) is -3.02. The van der Waals surface area contributed by atoms with E-state index in [0.29, 0.717) is 0 Å². The molecule has 0 atom stereocenters. The number of hydrogen-bond donors (Lipinski definition) is 0. The molecule has 8 heteroatoms. The minimum atomic E-state index is -4.34. The van der Waals surface area contributed by atoms with E-state index >= 15 is 0 Å². The number of alkyl halides is 3. The molecule has 1 aromatic carbocycles. The number of nitriles is 1. The molecule has 0 radical (unpaired) electrons. The smallest absolute Gasteiger partial charge is 0.207 e. The zero-order valence-corrected chi connectivity index (χ0v) is 10.5. The molecule has 92 valence electrons. The van der Waals surface area contributed by atoms with Crippen molar-refractivity contribution in [3.05, 3.63) is 28.8 Å². The van der Waals surface area contributed by atoms with E-state index in [1.54, 1.807) is 6.07 Å². The van der Waals surface area contributed by atoms with Gasteiger partial charge in [0.1, 0.15) is 0 Å². The lowest BCUT2D eigenvalue weighted by Crippen LogP contribution is -2.02. The van der Waals surface area contributed by atoms with Crippen LogP contribution in [-0.4, -0.2) is 8.42 Å². The van der Waals surface area contributed by atoms with Crippen molar-refractivity contribution in [3.63, 3.8) is 0 Å². The zero-order valence-electron chi connectivity index (χ0n) is 8.12. The standard InChI is InChI=1S/C9H5Cl2F2NO2S/c10-3-5-1-7(9(12)13)8(17(11,15)16)2-6(5)4-14/h1-2,9H,3H2. The van der Waals surface area contributed by atoms with Crippen molar-refractivity contribution in [2.75, 3.05) is 0 Å². The normalized spacial score (nSPS) is 11.5. The van der Waals surface area contributed by atoms with Gasteiger partial charge in [0, 0.05) is 22.1 Å². The lowest BCUT2D eigenvalue weighted by molar-refractivity contribution is 0.148. The average Bonchev–Trinajstić information content (AvgIpc) is 2.25. The van der Waals surface area contributed by atoms with Crippen LogP contribution < -0.4 is 0 Å². The molecule has 0 heterocycles. The Morgan fingerprint density at radius 1 is 1.41 bits per heavy atom. The van der Waals surface area contributed by atoms with Crippen LogP contribution in [0.5, 0.6) is 0 Å². The minimum absolute atomic E-state index is 0.0939. The molecular weight excluding hydrogens is 295 g/mol. The van der Waals surface area contributed by atoms with Gasteiger partial charge in [0.2, 0.25) is 0 Å². The number of rotatable bonds is 3. The lowest BCUT2D eigenvalue weighted by Gasteiger charge is -2.09. The Kier molecular flexibility index (Phi) is 4.31. The van der Waals surface area contributed by atoms with Crippen LogP contribution in [0.4, 0.5) is 8.78 Å². The van der Waals surface area contributed by atoms with Gasteiger partial charge in [-0.1, -0.05) is 0 Å². The van der Waals surface area contributed by atoms with Crippen molar-refractivity contribution in [2.45, 2.75) is 17.2 Å². The quantitative estimate of drug-likeness (QED) is 0.636. The lowest BCUT2D eigenvalue weighted by atomic mass is 10.1. The molecule has 0 aromatic heterocycles. The summed E-state index contributed by atoms with van der Waals surface area (Å²) in [6, 6.07) is 3.36. The van der Waals surface area contributed by atoms with E-state index in [1.807, 2.05) is 0 Å². The summed E-state index contributed by atoms with van der Waals surface area (Å²) < 4.78 is 47.6. The summed E-state index contributed by atoms with van der Waals surface area (Å²) in [6.45, 7) is 0. The summed E-state index contributed by atoms with van der Waals surface area (Å²) in [7, 11) is 0.691. The molecule has 0 aliphatic carbocycles. The van der Waals surface area contributed by atoms with E-state index in [4.69, 9.17) is 27.5 Å². The highest BCUT2D eigenvalue weighted by Crippen LogP contribution is 2.31. The van der Waals surface area contributed by atoms with E-state index in [-0.39, 0.29) is 17.0 Å². The predicted molar refractivity (Wildman–Crippen MR) is 58.7 cm³/mol. The molecule has 0 saturated heterocycles. The summed E-state index contributed by atoms with van der Waals surface area (Å²) in [5.74, 6) is -0.175. The minimum Gasteiger partial charge on any atom is -0.207 e. The van der Waals surface area contributed by atoms with Crippen molar-refractivity contribution in [2.24, 2.45) is 0 Å². The van der Waals surface area contributed by atoms with Gasteiger partial charge in [0.05, 0.1) is 16.5 Å².